The molecule has 1 aromatic heterocycles. The van der Waals surface area contributed by atoms with Crippen LogP contribution in [0.1, 0.15) is 15.9 Å². The minimum Gasteiger partial charge on any atom is -0.477 e. The molecular formula is C12H10BrN3O2. The number of hydrogen-bond donors (Lipinski definition) is 2. The standard InChI is InChI=1S/C12H10BrN3O2/c1-7-2-3-8(13)4-10(7)16-11-9(12(17)18)5-14-6-15-11/h2-6H,1H3,(H,17,18)(H,14,15,16). The molecule has 18 heavy (non-hydrogen) atoms. The highest BCUT2D eigenvalue weighted by Crippen LogP contribution is 2.24. The van der Waals surface area contributed by atoms with E-state index in [1.807, 2.05) is 25.1 Å². The third-order valence-electron chi connectivity index (χ3n) is 2.40. The van der Waals surface area contributed by atoms with Crippen LogP contribution in [0.15, 0.2) is 35.2 Å². The predicted octanol–water partition coefficient (Wildman–Crippen LogP) is 2.99. The molecule has 0 spiro atoms. The van der Waals surface area contributed by atoms with Gasteiger partial charge in [0.1, 0.15) is 17.7 Å². The van der Waals surface area contributed by atoms with Crippen LogP contribution in [-0.4, -0.2) is 21.0 Å². The Labute approximate surface area is 112 Å². The van der Waals surface area contributed by atoms with Crippen LogP contribution in [0.3, 0.4) is 0 Å². The lowest BCUT2D eigenvalue weighted by Gasteiger charge is -2.10. The first-order valence-electron chi connectivity index (χ1n) is 5.14. The normalized spacial score (nSPS) is 10.1. The number of halogens is 1. The van der Waals surface area contributed by atoms with Crippen LogP contribution in [-0.2, 0) is 0 Å². The smallest absolute Gasteiger partial charge is 0.341 e. The summed E-state index contributed by atoms with van der Waals surface area (Å²) in [5.74, 6) is -0.788. The maximum absolute atomic E-state index is 11.0. The van der Waals surface area contributed by atoms with Crippen molar-refractivity contribution in [2.24, 2.45) is 0 Å². The maximum atomic E-state index is 11.0. The second kappa shape index (κ2) is 5.14. The van der Waals surface area contributed by atoms with Crippen LogP contribution >= 0.6 is 15.9 Å². The number of nitrogens with one attached hydrogen (secondary N) is 1. The molecule has 0 aliphatic rings. The average Bonchev–Trinajstić information content (AvgIpc) is 2.34. The minimum absolute atomic E-state index is 0.0388. The number of aryl methyl sites for hydroxylation is 1. The zero-order valence-corrected chi connectivity index (χ0v) is 11.1. The molecule has 6 heteroatoms. The quantitative estimate of drug-likeness (QED) is 0.911. The molecule has 92 valence electrons. The number of anilines is 2. The summed E-state index contributed by atoms with van der Waals surface area (Å²) in [4.78, 5) is 18.7. The van der Waals surface area contributed by atoms with Crippen molar-refractivity contribution >= 4 is 33.4 Å². The largest absolute Gasteiger partial charge is 0.477 e. The SMILES string of the molecule is Cc1ccc(Br)cc1Nc1ncncc1C(=O)O. The third-order valence-corrected chi connectivity index (χ3v) is 2.89. The van der Waals surface area contributed by atoms with Crippen molar-refractivity contribution in [1.82, 2.24) is 9.97 Å². The van der Waals surface area contributed by atoms with E-state index in [1.54, 1.807) is 0 Å². The van der Waals surface area contributed by atoms with Crippen molar-refractivity contribution in [3.05, 3.63) is 46.3 Å². The number of carbonyl (C=O) groups is 1. The summed E-state index contributed by atoms with van der Waals surface area (Å²) in [7, 11) is 0. The van der Waals surface area contributed by atoms with Gasteiger partial charge in [0.15, 0.2) is 0 Å². The Morgan fingerprint density at radius 3 is 2.94 bits per heavy atom. The van der Waals surface area contributed by atoms with Crippen molar-refractivity contribution in [3.63, 3.8) is 0 Å². The van der Waals surface area contributed by atoms with Crippen molar-refractivity contribution in [2.75, 3.05) is 5.32 Å². The first-order valence-corrected chi connectivity index (χ1v) is 5.93. The molecule has 2 rings (SSSR count). The van der Waals surface area contributed by atoms with Gasteiger partial charge in [-0.05, 0) is 24.6 Å². The Morgan fingerprint density at radius 2 is 2.22 bits per heavy atom. The number of hydrogen-bond acceptors (Lipinski definition) is 4. The van der Waals surface area contributed by atoms with Gasteiger partial charge in [-0.2, -0.15) is 0 Å². The summed E-state index contributed by atoms with van der Waals surface area (Å²) in [5, 5.41) is 12.0. The van der Waals surface area contributed by atoms with Gasteiger partial charge in [0, 0.05) is 16.4 Å². The molecule has 0 amide bonds. The molecule has 0 aliphatic carbocycles. The molecule has 0 saturated heterocycles. The van der Waals surface area contributed by atoms with Crippen molar-refractivity contribution in [2.45, 2.75) is 6.92 Å². The van der Waals surface area contributed by atoms with Crippen molar-refractivity contribution in [3.8, 4) is 0 Å². The first kappa shape index (κ1) is 12.5. The number of carboxylic acids is 1. The summed E-state index contributed by atoms with van der Waals surface area (Å²) >= 11 is 3.37. The number of aromatic carboxylic acids is 1. The van der Waals surface area contributed by atoms with E-state index >= 15 is 0 Å². The van der Waals surface area contributed by atoms with Gasteiger partial charge in [-0.25, -0.2) is 14.8 Å². The van der Waals surface area contributed by atoms with E-state index in [0.29, 0.717) is 0 Å². The topological polar surface area (TPSA) is 75.1 Å². The van der Waals surface area contributed by atoms with Gasteiger partial charge in [-0.15, -0.1) is 0 Å². The van der Waals surface area contributed by atoms with Gasteiger partial charge in [0.2, 0.25) is 0 Å². The molecule has 0 unspecified atom stereocenters. The van der Waals surface area contributed by atoms with Crippen LogP contribution in [0.4, 0.5) is 11.5 Å². The molecule has 0 radical (unpaired) electrons. The molecule has 0 bridgehead atoms. The zero-order chi connectivity index (χ0) is 13.1. The lowest BCUT2D eigenvalue weighted by molar-refractivity contribution is 0.0697. The number of nitrogens with zero attached hydrogens (tertiary/aromatic N) is 2. The minimum atomic E-state index is -1.06. The summed E-state index contributed by atoms with van der Waals surface area (Å²) in [5.41, 5.74) is 1.83. The van der Waals surface area contributed by atoms with E-state index in [9.17, 15) is 4.79 Å². The van der Waals surface area contributed by atoms with Gasteiger partial charge in [0.05, 0.1) is 0 Å². The van der Waals surface area contributed by atoms with Gasteiger partial charge in [-0.3, -0.25) is 0 Å². The van der Waals surface area contributed by atoms with Gasteiger partial charge in [0.25, 0.3) is 0 Å². The lowest BCUT2D eigenvalue weighted by atomic mass is 10.2. The Hall–Kier alpha value is -1.95. The maximum Gasteiger partial charge on any atom is 0.341 e. The molecule has 0 fully saturated rings. The zero-order valence-electron chi connectivity index (χ0n) is 9.51. The van der Waals surface area contributed by atoms with E-state index < -0.39 is 5.97 Å². The van der Waals surface area contributed by atoms with Gasteiger partial charge in [-0.1, -0.05) is 22.0 Å². The fourth-order valence-electron chi connectivity index (χ4n) is 1.44. The van der Waals surface area contributed by atoms with E-state index in [0.717, 1.165) is 15.7 Å². The number of benzene rings is 1. The second-order valence-corrected chi connectivity index (χ2v) is 4.59. The summed E-state index contributed by atoms with van der Waals surface area (Å²) in [6.07, 6.45) is 2.58. The molecule has 5 nitrogen and oxygen atoms in total. The highest BCUT2D eigenvalue weighted by atomic mass is 79.9. The number of carboxylic acid groups (broad SMARTS) is 1. The fourth-order valence-corrected chi connectivity index (χ4v) is 1.80. The molecular weight excluding hydrogens is 298 g/mol. The molecule has 1 aromatic carbocycles. The molecule has 0 saturated carbocycles. The number of aromatic nitrogens is 2. The first-order chi connectivity index (χ1) is 8.58. The summed E-state index contributed by atoms with van der Waals surface area (Å²) in [6.45, 7) is 1.93. The second-order valence-electron chi connectivity index (χ2n) is 3.67. The van der Waals surface area contributed by atoms with E-state index in [-0.39, 0.29) is 11.4 Å². The Balaban J connectivity index is 2.40. The summed E-state index contributed by atoms with van der Waals surface area (Å²) < 4.78 is 0.904. The lowest BCUT2D eigenvalue weighted by Crippen LogP contribution is -2.06. The van der Waals surface area contributed by atoms with E-state index in [2.05, 4.69) is 31.2 Å². The predicted molar refractivity (Wildman–Crippen MR) is 71.2 cm³/mol. The highest BCUT2D eigenvalue weighted by Gasteiger charge is 2.12. The molecule has 2 aromatic rings. The third kappa shape index (κ3) is 2.65. The van der Waals surface area contributed by atoms with Crippen LogP contribution in [0, 0.1) is 6.92 Å². The molecule has 0 aliphatic heterocycles. The monoisotopic (exact) mass is 307 g/mol. The fraction of sp³-hybridized carbons (Fsp3) is 0.0833. The van der Waals surface area contributed by atoms with Crippen LogP contribution in [0.2, 0.25) is 0 Å². The van der Waals surface area contributed by atoms with E-state index in [1.165, 1.54) is 12.5 Å². The van der Waals surface area contributed by atoms with Gasteiger partial charge < -0.3 is 10.4 Å². The molecule has 1 heterocycles. The van der Waals surface area contributed by atoms with Crippen molar-refractivity contribution < 1.29 is 9.90 Å². The average molecular weight is 308 g/mol. The van der Waals surface area contributed by atoms with Crippen LogP contribution in [0.25, 0.3) is 0 Å². The Kier molecular flexibility index (Phi) is 3.57. The summed E-state index contributed by atoms with van der Waals surface area (Å²) in [6, 6.07) is 5.70. The molecule has 2 N–H and O–H groups in total. The van der Waals surface area contributed by atoms with Gasteiger partial charge >= 0.3 is 5.97 Å². The van der Waals surface area contributed by atoms with Crippen LogP contribution in [0.5, 0.6) is 0 Å². The Morgan fingerprint density at radius 1 is 1.44 bits per heavy atom. The van der Waals surface area contributed by atoms with E-state index in [4.69, 9.17) is 5.11 Å². The Bertz CT molecular complexity index is 602. The highest BCUT2D eigenvalue weighted by molar-refractivity contribution is 9.10. The number of rotatable bonds is 3. The van der Waals surface area contributed by atoms with Crippen LogP contribution < -0.4 is 5.32 Å². The molecule has 0 atom stereocenters. The van der Waals surface area contributed by atoms with Crippen molar-refractivity contribution in [1.29, 1.82) is 0 Å².